The molecule has 0 aliphatic carbocycles. The van der Waals surface area contributed by atoms with E-state index < -0.39 is 11.8 Å². The lowest BCUT2D eigenvalue weighted by Crippen LogP contribution is -2.38. The lowest BCUT2D eigenvalue weighted by Gasteiger charge is -2.10. The molecular formula is C16H20FN5O2. The van der Waals surface area contributed by atoms with E-state index in [-0.39, 0.29) is 18.1 Å². The minimum Gasteiger partial charge on any atom is -0.355 e. The van der Waals surface area contributed by atoms with Crippen LogP contribution in [0, 0.1) is 19.7 Å². The monoisotopic (exact) mass is 333 g/mol. The maximum Gasteiger partial charge on any atom is 0.319 e. The predicted octanol–water partition coefficient (Wildman–Crippen LogP) is 1.89. The van der Waals surface area contributed by atoms with Gasteiger partial charge in [0.15, 0.2) is 5.82 Å². The molecule has 0 saturated carbocycles. The molecule has 0 aliphatic heterocycles. The molecule has 1 heterocycles. The zero-order chi connectivity index (χ0) is 17.7. The number of hydrogen-bond acceptors (Lipinski definition) is 3. The first-order valence-corrected chi connectivity index (χ1v) is 7.55. The lowest BCUT2D eigenvalue weighted by atomic mass is 10.2. The van der Waals surface area contributed by atoms with Crippen LogP contribution in [0.25, 0.3) is 5.69 Å². The zero-order valence-corrected chi connectivity index (χ0v) is 13.8. The van der Waals surface area contributed by atoms with Gasteiger partial charge >= 0.3 is 6.03 Å². The van der Waals surface area contributed by atoms with E-state index in [1.807, 2.05) is 19.9 Å². The number of likely N-dealkylation sites (N-methyl/N-ethyl adjacent to an activating group) is 1. The number of benzene rings is 1. The predicted molar refractivity (Wildman–Crippen MR) is 88.7 cm³/mol. The van der Waals surface area contributed by atoms with E-state index in [2.05, 4.69) is 21.0 Å². The Bertz CT molecular complexity index is 757. The molecule has 0 spiro atoms. The molecule has 1 aromatic carbocycles. The lowest BCUT2D eigenvalue weighted by molar-refractivity contribution is -0.119. The summed E-state index contributed by atoms with van der Waals surface area (Å²) in [5.41, 5.74) is 2.19. The minimum atomic E-state index is -0.584. The van der Waals surface area contributed by atoms with Crippen LogP contribution < -0.4 is 16.0 Å². The Morgan fingerprint density at radius 1 is 1.21 bits per heavy atom. The molecule has 7 nitrogen and oxygen atoms in total. The van der Waals surface area contributed by atoms with Crippen molar-refractivity contribution < 1.29 is 14.0 Å². The van der Waals surface area contributed by atoms with Crippen LogP contribution in [0.15, 0.2) is 24.3 Å². The number of halogens is 1. The van der Waals surface area contributed by atoms with Gasteiger partial charge in [-0.3, -0.25) is 4.79 Å². The highest BCUT2D eigenvalue weighted by Crippen LogP contribution is 2.19. The summed E-state index contributed by atoms with van der Waals surface area (Å²) in [6.07, 6.45) is 0. The van der Waals surface area contributed by atoms with Crippen molar-refractivity contribution in [1.29, 1.82) is 0 Å². The summed E-state index contributed by atoms with van der Waals surface area (Å²) < 4.78 is 15.8. The Morgan fingerprint density at radius 2 is 1.96 bits per heavy atom. The Balaban J connectivity index is 2.03. The fraction of sp³-hybridized carbons (Fsp3) is 0.312. The van der Waals surface area contributed by atoms with Gasteiger partial charge in [-0.05, 0) is 45.0 Å². The van der Waals surface area contributed by atoms with E-state index in [1.54, 1.807) is 13.0 Å². The van der Waals surface area contributed by atoms with Crippen molar-refractivity contribution in [3.63, 3.8) is 0 Å². The molecule has 2 rings (SSSR count). The highest BCUT2D eigenvalue weighted by atomic mass is 19.1. The third-order valence-corrected chi connectivity index (χ3v) is 3.23. The number of nitrogens with zero attached hydrogens (tertiary/aromatic N) is 2. The van der Waals surface area contributed by atoms with Gasteiger partial charge < -0.3 is 16.0 Å². The number of nitrogens with one attached hydrogen (secondary N) is 3. The van der Waals surface area contributed by atoms with Gasteiger partial charge in [-0.2, -0.15) is 5.10 Å². The van der Waals surface area contributed by atoms with Gasteiger partial charge in [-0.25, -0.2) is 13.9 Å². The standard InChI is InChI=1S/C16H20FN5O2/c1-4-18-15(23)9-19-16(24)20-12-5-6-14(13(17)8-12)22-11(3)7-10(2)21-22/h5-8H,4,9H2,1-3H3,(H,18,23)(H2,19,20,24). The summed E-state index contributed by atoms with van der Waals surface area (Å²) in [6.45, 7) is 5.79. The van der Waals surface area contributed by atoms with Crippen molar-refractivity contribution in [1.82, 2.24) is 20.4 Å². The quantitative estimate of drug-likeness (QED) is 0.781. The molecule has 0 aliphatic rings. The van der Waals surface area contributed by atoms with Crippen molar-refractivity contribution in [3.05, 3.63) is 41.5 Å². The average Bonchev–Trinajstić information content (AvgIpc) is 2.84. The highest BCUT2D eigenvalue weighted by Gasteiger charge is 2.11. The smallest absolute Gasteiger partial charge is 0.319 e. The first-order valence-electron chi connectivity index (χ1n) is 7.55. The van der Waals surface area contributed by atoms with E-state index in [4.69, 9.17) is 0 Å². The minimum absolute atomic E-state index is 0.147. The number of anilines is 1. The van der Waals surface area contributed by atoms with Crippen LogP contribution in [0.2, 0.25) is 0 Å². The summed E-state index contributed by atoms with van der Waals surface area (Å²) >= 11 is 0. The second kappa shape index (κ2) is 7.58. The topological polar surface area (TPSA) is 88.0 Å². The summed E-state index contributed by atoms with van der Waals surface area (Å²) in [6, 6.07) is 5.58. The van der Waals surface area contributed by atoms with Gasteiger partial charge in [-0.1, -0.05) is 0 Å². The molecule has 0 radical (unpaired) electrons. The number of amides is 3. The Morgan fingerprint density at radius 3 is 2.54 bits per heavy atom. The van der Waals surface area contributed by atoms with Gasteiger partial charge in [0.25, 0.3) is 0 Å². The van der Waals surface area contributed by atoms with Gasteiger partial charge in [0.05, 0.1) is 12.2 Å². The second-order valence-corrected chi connectivity index (χ2v) is 5.27. The van der Waals surface area contributed by atoms with E-state index in [0.717, 1.165) is 11.4 Å². The largest absolute Gasteiger partial charge is 0.355 e. The van der Waals surface area contributed by atoms with E-state index in [0.29, 0.717) is 12.2 Å². The first-order chi connectivity index (χ1) is 11.4. The van der Waals surface area contributed by atoms with Gasteiger partial charge in [-0.15, -0.1) is 0 Å². The summed E-state index contributed by atoms with van der Waals surface area (Å²) in [7, 11) is 0. The molecular weight excluding hydrogens is 313 g/mol. The Hall–Kier alpha value is -2.90. The molecule has 3 amide bonds. The van der Waals surface area contributed by atoms with Crippen LogP contribution in [0.3, 0.4) is 0 Å². The maximum atomic E-state index is 14.3. The van der Waals surface area contributed by atoms with Gasteiger partial charge in [0.1, 0.15) is 5.69 Å². The van der Waals surface area contributed by atoms with Crippen molar-refractivity contribution in [3.8, 4) is 5.69 Å². The normalized spacial score (nSPS) is 10.3. The number of aromatic nitrogens is 2. The van der Waals surface area contributed by atoms with Crippen LogP contribution in [0.5, 0.6) is 0 Å². The number of carbonyl (C=O) groups excluding carboxylic acids is 2. The second-order valence-electron chi connectivity index (χ2n) is 5.27. The van der Waals surface area contributed by atoms with Gasteiger partial charge in [0, 0.05) is 17.9 Å². The Kier molecular flexibility index (Phi) is 5.51. The number of rotatable bonds is 5. The molecule has 0 unspecified atom stereocenters. The fourth-order valence-electron chi connectivity index (χ4n) is 2.22. The van der Waals surface area contributed by atoms with Crippen molar-refractivity contribution in [2.45, 2.75) is 20.8 Å². The molecule has 0 fully saturated rings. The number of hydrogen-bond donors (Lipinski definition) is 3. The molecule has 8 heteroatoms. The molecule has 24 heavy (non-hydrogen) atoms. The Labute approximate surface area is 139 Å². The number of urea groups is 1. The summed E-state index contributed by atoms with van der Waals surface area (Å²) in [5.74, 6) is -0.804. The average molecular weight is 333 g/mol. The van der Waals surface area contributed by atoms with Crippen LogP contribution in [0.4, 0.5) is 14.9 Å². The van der Waals surface area contributed by atoms with E-state index in [1.165, 1.54) is 16.8 Å². The van der Waals surface area contributed by atoms with Crippen LogP contribution in [-0.2, 0) is 4.79 Å². The van der Waals surface area contributed by atoms with Crippen molar-refractivity contribution in [2.24, 2.45) is 0 Å². The summed E-state index contributed by atoms with van der Waals surface area (Å²) in [4.78, 5) is 23.0. The summed E-state index contributed by atoms with van der Waals surface area (Å²) in [5, 5.41) is 11.7. The van der Waals surface area contributed by atoms with Gasteiger partial charge in [0.2, 0.25) is 5.91 Å². The zero-order valence-electron chi connectivity index (χ0n) is 13.8. The molecule has 0 atom stereocenters. The molecule has 3 N–H and O–H groups in total. The maximum absolute atomic E-state index is 14.3. The SMILES string of the molecule is CCNC(=O)CNC(=O)Nc1ccc(-n2nc(C)cc2C)c(F)c1. The first kappa shape index (κ1) is 17.5. The fourth-order valence-corrected chi connectivity index (χ4v) is 2.22. The molecule has 0 bridgehead atoms. The number of aryl methyl sites for hydroxylation is 2. The van der Waals surface area contributed by atoms with E-state index in [9.17, 15) is 14.0 Å². The van der Waals surface area contributed by atoms with Crippen LogP contribution in [-0.4, -0.2) is 34.8 Å². The van der Waals surface area contributed by atoms with Crippen molar-refractivity contribution in [2.75, 3.05) is 18.4 Å². The third kappa shape index (κ3) is 4.31. The molecule has 128 valence electrons. The molecule has 1 aromatic heterocycles. The van der Waals surface area contributed by atoms with Crippen LogP contribution >= 0.6 is 0 Å². The highest BCUT2D eigenvalue weighted by molar-refractivity contribution is 5.92. The third-order valence-electron chi connectivity index (χ3n) is 3.23. The van der Waals surface area contributed by atoms with Crippen molar-refractivity contribution >= 4 is 17.6 Å². The molecule has 0 saturated heterocycles. The number of carbonyl (C=O) groups is 2. The van der Waals surface area contributed by atoms with E-state index >= 15 is 0 Å². The molecule has 2 aromatic rings. The van der Waals surface area contributed by atoms with Crippen LogP contribution in [0.1, 0.15) is 18.3 Å².